The number of rotatable bonds is 0. The Kier molecular flexibility index (Phi) is 1.31. The van der Waals surface area contributed by atoms with Gasteiger partial charge in [-0.3, -0.25) is 4.68 Å². The minimum Gasteiger partial charge on any atom is -0.270 e. The first-order valence-electron chi connectivity index (χ1n) is 4.18. The molecule has 0 spiro atoms. The van der Waals surface area contributed by atoms with E-state index in [0.717, 1.165) is 6.54 Å². The summed E-state index contributed by atoms with van der Waals surface area (Å²) in [7, 11) is 0. The molecule has 0 aromatic carbocycles. The fraction of sp³-hybridized carbons (Fsp3) is 0.667. The van der Waals surface area contributed by atoms with Crippen LogP contribution in [0.15, 0.2) is 12.3 Å². The van der Waals surface area contributed by atoms with Crippen molar-refractivity contribution in [3.8, 4) is 0 Å². The van der Waals surface area contributed by atoms with Gasteiger partial charge in [0.25, 0.3) is 0 Å². The molecule has 0 saturated heterocycles. The van der Waals surface area contributed by atoms with Crippen molar-refractivity contribution in [1.82, 2.24) is 9.78 Å². The molecule has 0 aliphatic carbocycles. The molecule has 0 atom stereocenters. The summed E-state index contributed by atoms with van der Waals surface area (Å²) in [5.74, 6) is 0. The average Bonchev–Trinajstić information content (AvgIpc) is 2.31. The van der Waals surface area contributed by atoms with E-state index in [1.807, 2.05) is 6.20 Å². The molecule has 0 unspecified atom stereocenters. The second kappa shape index (κ2) is 2.10. The van der Waals surface area contributed by atoms with Crippen molar-refractivity contribution in [1.29, 1.82) is 0 Å². The molecule has 0 amide bonds. The van der Waals surface area contributed by atoms with Crippen LogP contribution in [-0.2, 0) is 13.0 Å². The Morgan fingerprint density at radius 3 is 3.18 bits per heavy atom. The van der Waals surface area contributed by atoms with Crippen LogP contribution in [0.3, 0.4) is 0 Å². The van der Waals surface area contributed by atoms with Crippen LogP contribution in [0.2, 0.25) is 0 Å². The number of nitrogens with zero attached hydrogens (tertiary/aromatic N) is 2. The SMILES string of the molecule is CC1(C)CCn2nccc2C1. The van der Waals surface area contributed by atoms with Gasteiger partial charge in [0, 0.05) is 18.4 Å². The third kappa shape index (κ3) is 1.17. The molecule has 2 nitrogen and oxygen atoms in total. The number of fused-ring (bicyclic) bond motifs is 1. The summed E-state index contributed by atoms with van der Waals surface area (Å²) in [6, 6.07) is 2.13. The van der Waals surface area contributed by atoms with Crippen molar-refractivity contribution in [3.05, 3.63) is 18.0 Å². The lowest BCUT2D eigenvalue weighted by molar-refractivity contribution is 0.260. The van der Waals surface area contributed by atoms with Crippen LogP contribution in [0.1, 0.15) is 26.0 Å². The minimum atomic E-state index is 0.482. The normalized spacial score (nSPS) is 21.3. The van der Waals surface area contributed by atoms with Gasteiger partial charge in [-0.15, -0.1) is 0 Å². The van der Waals surface area contributed by atoms with Crippen LogP contribution >= 0.6 is 0 Å². The zero-order valence-corrected chi connectivity index (χ0v) is 7.17. The monoisotopic (exact) mass is 150 g/mol. The largest absolute Gasteiger partial charge is 0.270 e. The molecule has 11 heavy (non-hydrogen) atoms. The van der Waals surface area contributed by atoms with Gasteiger partial charge in [0.15, 0.2) is 0 Å². The van der Waals surface area contributed by atoms with Gasteiger partial charge in [0.05, 0.1) is 0 Å². The molecular formula is C9H14N2. The summed E-state index contributed by atoms with van der Waals surface area (Å²) in [4.78, 5) is 0. The molecule has 2 rings (SSSR count). The highest BCUT2D eigenvalue weighted by Gasteiger charge is 2.24. The minimum absolute atomic E-state index is 0.482. The molecule has 0 N–H and O–H groups in total. The Labute approximate surface area is 67.2 Å². The van der Waals surface area contributed by atoms with Crippen LogP contribution in [0.25, 0.3) is 0 Å². The number of aryl methyl sites for hydroxylation is 1. The van der Waals surface area contributed by atoms with E-state index in [1.54, 1.807) is 0 Å². The Morgan fingerprint density at radius 2 is 2.36 bits per heavy atom. The van der Waals surface area contributed by atoms with E-state index in [2.05, 4.69) is 29.7 Å². The van der Waals surface area contributed by atoms with Crippen LogP contribution in [0.4, 0.5) is 0 Å². The molecule has 1 aromatic rings. The highest BCUT2D eigenvalue weighted by atomic mass is 15.3. The van der Waals surface area contributed by atoms with Crippen LogP contribution in [0.5, 0.6) is 0 Å². The van der Waals surface area contributed by atoms with Gasteiger partial charge in [0.2, 0.25) is 0 Å². The van der Waals surface area contributed by atoms with Crippen molar-refractivity contribution in [3.63, 3.8) is 0 Å². The Bertz CT molecular complexity index is 260. The summed E-state index contributed by atoms with van der Waals surface area (Å²) in [5, 5.41) is 4.24. The van der Waals surface area contributed by atoms with Crippen molar-refractivity contribution >= 4 is 0 Å². The smallest absolute Gasteiger partial charge is 0.0492 e. The van der Waals surface area contributed by atoms with Crippen LogP contribution in [-0.4, -0.2) is 9.78 Å². The highest BCUT2D eigenvalue weighted by molar-refractivity contribution is 5.06. The van der Waals surface area contributed by atoms with E-state index in [9.17, 15) is 0 Å². The zero-order valence-electron chi connectivity index (χ0n) is 7.17. The molecule has 1 aliphatic heterocycles. The second-order valence-electron chi connectivity index (χ2n) is 4.14. The maximum atomic E-state index is 4.24. The molecule has 1 aromatic heterocycles. The van der Waals surface area contributed by atoms with Crippen molar-refractivity contribution < 1.29 is 0 Å². The fourth-order valence-electron chi connectivity index (χ4n) is 1.70. The molecule has 2 heterocycles. The Hall–Kier alpha value is -0.790. The summed E-state index contributed by atoms with van der Waals surface area (Å²) < 4.78 is 2.12. The van der Waals surface area contributed by atoms with E-state index >= 15 is 0 Å². The van der Waals surface area contributed by atoms with Crippen molar-refractivity contribution in [2.24, 2.45) is 5.41 Å². The summed E-state index contributed by atoms with van der Waals surface area (Å²) in [5.41, 5.74) is 1.87. The van der Waals surface area contributed by atoms with E-state index in [-0.39, 0.29) is 0 Å². The van der Waals surface area contributed by atoms with E-state index in [1.165, 1.54) is 18.5 Å². The third-order valence-corrected chi connectivity index (χ3v) is 2.46. The number of hydrogen-bond donors (Lipinski definition) is 0. The molecule has 0 radical (unpaired) electrons. The molecular weight excluding hydrogens is 136 g/mol. The summed E-state index contributed by atoms with van der Waals surface area (Å²) >= 11 is 0. The van der Waals surface area contributed by atoms with Crippen molar-refractivity contribution in [2.45, 2.75) is 33.2 Å². The molecule has 1 aliphatic rings. The standard InChI is InChI=1S/C9H14N2/c1-9(2)4-6-11-8(7-9)3-5-10-11/h3,5H,4,6-7H2,1-2H3. The third-order valence-electron chi connectivity index (χ3n) is 2.46. The lowest BCUT2D eigenvalue weighted by Gasteiger charge is -2.29. The van der Waals surface area contributed by atoms with Gasteiger partial charge in [0.1, 0.15) is 0 Å². The topological polar surface area (TPSA) is 17.8 Å². The Balaban J connectivity index is 2.32. The first-order chi connectivity index (χ1) is 5.17. The van der Waals surface area contributed by atoms with Gasteiger partial charge >= 0.3 is 0 Å². The molecule has 0 saturated carbocycles. The van der Waals surface area contributed by atoms with Gasteiger partial charge in [-0.25, -0.2) is 0 Å². The Morgan fingerprint density at radius 1 is 1.55 bits per heavy atom. The number of aromatic nitrogens is 2. The van der Waals surface area contributed by atoms with Crippen molar-refractivity contribution in [2.75, 3.05) is 0 Å². The lowest BCUT2D eigenvalue weighted by Crippen LogP contribution is -2.26. The molecule has 60 valence electrons. The van der Waals surface area contributed by atoms with Gasteiger partial charge < -0.3 is 0 Å². The first-order valence-corrected chi connectivity index (χ1v) is 4.18. The molecule has 0 fully saturated rings. The van der Waals surface area contributed by atoms with Gasteiger partial charge in [-0.2, -0.15) is 5.10 Å². The zero-order chi connectivity index (χ0) is 7.90. The van der Waals surface area contributed by atoms with Crippen LogP contribution < -0.4 is 0 Å². The lowest BCUT2D eigenvalue weighted by atomic mass is 9.82. The van der Waals surface area contributed by atoms with Gasteiger partial charge in [-0.05, 0) is 24.3 Å². The van der Waals surface area contributed by atoms with E-state index in [0.29, 0.717) is 5.41 Å². The maximum Gasteiger partial charge on any atom is 0.0492 e. The average molecular weight is 150 g/mol. The fourth-order valence-corrected chi connectivity index (χ4v) is 1.70. The van der Waals surface area contributed by atoms with Gasteiger partial charge in [-0.1, -0.05) is 13.8 Å². The summed E-state index contributed by atoms with van der Waals surface area (Å²) in [6.07, 6.45) is 4.32. The predicted octanol–water partition coefficient (Wildman–Crippen LogP) is 1.86. The predicted molar refractivity (Wildman–Crippen MR) is 44.3 cm³/mol. The number of hydrogen-bond acceptors (Lipinski definition) is 1. The van der Waals surface area contributed by atoms with E-state index in [4.69, 9.17) is 0 Å². The highest BCUT2D eigenvalue weighted by Crippen LogP contribution is 2.30. The maximum absolute atomic E-state index is 4.24. The molecule has 0 bridgehead atoms. The second-order valence-corrected chi connectivity index (χ2v) is 4.14. The molecule has 2 heteroatoms. The first kappa shape index (κ1) is 6.89. The van der Waals surface area contributed by atoms with Crippen LogP contribution in [0, 0.1) is 5.41 Å². The van der Waals surface area contributed by atoms with E-state index < -0.39 is 0 Å². The quantitative estimate of drug-likeness (QED) is 0.552. The summed E-state index contributed by atoms with van der Waals surface area (Å²) in [6.45, 7) is 5.74.